The second-order valence-corrected chi connectivity index (χ2v) is 4.28. The molecule has 2 nitrogen and oxygen atoms in total. The summed E-state index contributed by atoms with van der Waals surface area (Å²) in [5, 5.41) is 0. The topological polar surface area (TPSA) is 34.1 Å². The molecular weight excluding hydrogens is 200 g/mol. The van der Waals surface area contributed by atoms with Crippen LogP contribution in [0.2, 0.25) is 0 Å². The van der Waals surface area contributed by atoms with Gasteiger partial charge in [-0.05, 0) is 19.3 Å². The smallest absolute Gasteiger partial charge is 0.198 e. The lowest BCUT2D eigenvalue weighted by Gasteiger charge is -2.00. The van der Waals surface area contributed by atoms with Crippen molar-refractivity contribution in [1.29, 1.82) is 0 Å². The third-order valence-corrected chi connectivity index (χ3v) is 2.70. The summed E-state index contributed by atoms with van der Waals surface area (Å²) in [4.78, 5) is 21.6. The summed E-state index contributed by atoms with van der Waals surface area (Å²) in [6.45, 7) is 5.04. The van der Waals surface area contributed by atoms with E-state index in [0.717, 1.165) is 19.3 Å². The number of Topliss-reactive ketones (excluding diaryl/α,β-unsaturated/α-hetero) is 2. The molecule has 0 saturated heterocycles. The highest BCUT2D eigenvalue weighted by molar-refractivity contribution is 6.36. The molecule has 0 aromatic rings. The van der Waals surface area contributed by atoms with Crippen molar-refractivity contribution >= 4 is 11.6 Å². The molecule has 0 unspecified atom stereocenters. The molecule has 0 radical (unpaired) electrons. The van der Waals surface area contributed by atoms with E-state index in [1.807, 2.05) is 6.08 Å². The van der Waals surface area contributed by atoms with Crippen molar-refractivity contribution in [3.8, 4) is 0 Å². The highest BCUT2D eigenvalue weighted by atomic mass is 16.2. The molecule has 0 rings (SSSR count). The fourth-order valence-corrected chi connectivity index (χ4v) is 1.63. The van der Waals surface area contributed by atoms with E-state index in [-0.39, 0.29) is 11.6 Å². The molecule has 0 aliphatic rings. The lowest BCUT2D eigenvalue weighted by Crippen LogP contribution is -2.08. The molecule has 2 heteroatoms. The molecule has 16 heavy (non-hydrogen) atoms. The van der Waals surface area contributed by atoms with E-state index in [4.69, 9.17) is 0 Å². The molecule has 0 amide bonds. The van der Waals surface area contributed by atoms with Gasteiger partial charge in [0.2, 0.25) is 0 Å². The van der Waals surface area contributed by atoms with Gasteiger partial charge in [-0.15, -0.1) is 6.58 Å². The Labute approximate surface area is 99.1 Å². The van der Waals surface area contributed by atoms with E-state index in [0.29, 0.717) is 6.42 Å². The highest BCUT2D eigenvalue weighted by Gasteiger charge is 2.05. The molecule has 92 valence electrons. The Kier molecular flexibility index (Phi) is 9.98. The van der Waals surface area contributed by atoms with Crippen LogP contribution in [0.1, 0.15) is 64.7 Å². The normalized spacial score (nSPS) is 10.1. The standard InChI is InChI=1S/C14H24O2/c1-3-4-5-6-7-8-9-10-11-12-14(16)13(2)15/h3H,1,4-12H2,2H3. The van der Waals surface area contributed by atoms with Crippen LogP contribution >= 0.6 is 0 Å². The average Bonchev–Trinajstić information content (AvgIpc) is 2.26. The van der Waals surface area contributed by atoms with Gasteiger partial charge in [0.05, 0.1) is 0 Å². The van der Waals surface area contributed by atoms with E-state index in [2.05, 4.69) is 6.58 Å². The number of carbonyl (C=O) groups is 2. The predicted molar refractivity (Wildman–Crippen MR) is 67.4 cm³/mol. The SMILES string of the molecule is C=CCCCCCCCCCC(=O)C(C)=O. The minimum atomic E-state index is -0.301. The number of carbonyl (C=O) groups excluding carboxylic acids is 2. The van der Waals surface area contributed by atoms with E-state index >= 15 is 0 Å². The highest BCUT2D eigenvalue weighted by Crippen LogP contribution is 2.10. The van der Waals surface area contributed by atoms with Gasteiger partial charge in [-0.1, -0.05) is 38.2 Å². The summed E-state index contributed by atoms with van der Waals surface area (Å²) in [7, 11) is 0. The minimum absolute atomic E-state index is 0.217. The molecule has 0 fully saturated rings. The number of hydrogen-bond acceptors (Lipinski definition) is 2. The second kappa shape index (κ2) is 10.6. The van der Waals surface area contributed by atoms with Gasteiger partial charge in [0.25, 0.3) is 0 Å². The van der Waals surface area contributed by atoms with E-state index < -0.39 is 0 Å². The summed E-state index contributed by atoms with van der Waals surface area (Å²) in [5.74, 6) is -0.518. The van der Waals surface area contributed by atoms with Gasteiger partial charge in [0.1, 0.15) is 0 Å². The number of unbranched alkanes of at least 4 members (excludes halogenated alkanes) is 7. The van der Waals surface area contributed by atoms with Gasteiger partial charge in [-0.3, -0.25) is 9.59 Å². The molecule has 0 atom stereocenters. The average molecular weight is 224 g/mol. The number of rotatable bonds is 11. The summed E-state index contributed by atoms with van der Waals surface area (Å²) < 4.78 is 0. The molecule has 0 spiro atoms. The van der Waals surface area contributed by atoms with Crippen molar-refractivity contribution in [1.82, 2.24) is 0 Å². The van der Waals surface area contributed by atoms with Crippen LogP contribution in [0.3, 0.4) is 0 Å². The third-order valence-electron chi connectivity index (χ3n) is 2.70. The molecular formula is C14H24O2. The third kappa shape index (κ3) is 9.63. The first kappa shape index (κ1) is 15.1. The van der Waals surface area contributed by atoms with Crippen molar-refractivity contribution in [3.63, 3.8) is 0 Å². The van der Waals surface area contributed by atoms with Crippen molar-refractivity contribution in [2.24, 2.45) is 0 Å². The van der Waals surface area contributed by atoms with Gasteiger partial charge in [-0.2, -0.15) is 0 Å². The first-order valence-electron chi connectivity index (χ1n) is 6.33. The molecule has 0 N–H and O–H groups in total. The Morgan fingerprint density at radius 3 is 1.94 bits per heavy atom. The van der Waals surface area contributed by atoms with Crippen molar-refractivity contribution in [2.75, 3.05) is 0 Å². The zero-order chi connectivity index (χ0) is 12.2. The fourth-order valence-electron chi connectivity index (χ4n) is 1.63. The number of ketones is 2. The molecule has 0 aromatic heterocycles. The maximum atomic E-state index is 11.0. The molecule has 0 aliphatic carbocycles. The van der Waals surface area contributed by atoms with E-state index in [9.17, 15) is 9.59 Å². The quantitative estimate of drug-likeness (QED) is 0.303. The van der Waals surface area contributed by atoms with Gasteiger partial charge < -0.3 is 0 Å². The summed E-state index contributed by atoms with van der Waals surface area (Å²) in [6, 6.07) is 0. The zero-order valence-electron chi connectivity index (χ0n) is 10.5. The molecule has 0 bridgehead atoms. The number of allylic oxidation sites excluding steroid dienone is 1. The van der Waals surface area contributed by atoms with Crippen LogP contribution in [-0.2, 0) is 9.59 Å². The van der Waals surface area contributed by atoms with Crippen LogP contribution in [0, 0.1) is 0 Å². The largest absolute Gasteiger partial charge is 0.291 e. The lowest BCUT2D eigenvalue weighted by atomic mass is 10.1. The van der Waals surface area contributed by atoms with Crippen molar-refractivity contribution in [2.45, 2.75) is 64.7 Å². The Bertz CT molecular complexity index is 219. The first-order chi connectivity index (χ1) is 7.68. The summed E-state index contributed by atoms with van der Waals surface area (Å²) >= 11 is 0. The van der Waals surface area contributed by atoms with Gasteiger partial charge in [-0.25, -0.2) is 0 Å². The Morgan fingerprint density at radius 2 is 1.44 bits per heavy atom. The minimum Gasteiger partial charge on any atom is -0.291 e. The van der Waals surface area contributed by atoms with Gasteiger partial charge in [0.15, 0.2) is 11.6 Å². The maximum Gasteiger partial charge on any atom is 0.198 e. The van der Waals surface area contributed by atoms with Crippen LogP contribution in [0.25, 0.3) is 0 Å². The first-order valence-corrected chi connectivity index (χ1v) is 6.33. The van der Waals surface area contributed by atoms with Gasteiger partial charge >= 0.3 is 0 Å². The van der Waals surface area contributed by atoms with Crippen LogP contribution in [-0.4, -0.2) is 11.6 Å². The lowest BCUT2D eigenvalue weighted by molar-refractivity contribution is -0.135. The van der Waals surface area contributed by atoms with Crippen molar-refractivity contribution < 1.29 is 9.59 Å². The monoisotopic (exact) mass is 224 g/mol. The van der Waals surface area contributed by atoms with E-state index in [1.54, 1.807) is 0 Å². The van der Waals surface area contributed by atoms with Crippen LogP contribution in [0.15, 0.2) is 12.7 Å². The zero-order valence-corrected chi connectivity index (χ0v) is 10.5. The Hall–Kier alpha value is -0.920. The second-order valence-electron chi connectivity index (χ2n) is 4.28. The van der Waals surface area contributed by atoms with Crippen LogP contribution in [0.4, 0.5) is 0 Å². The molecule has 0 saturated carbocycles. The molecule has 0 aliphatic heterocycles. The van der Waals surface area contributed by atoms with Crippen molar-refractivity contribution in [3.05, 3.63) is 12.7 Å². The fraction of sp³-hybridized carbons (Fsp3) is 0.714. The summed E-state index contributed by atoms with van der Waals surface area (Å²) in [6.07, 6.45) is 11.7. The van der Waals surface area contributed by atoms with E-state index in [1.165, 1.54) is 39.0 Å². The number of hydrogen-bond donors (Lipinski definition) is 0. The summed E-state index contributed by atoms with van der Waals surface area (Å²) in [5.41, 5.74) is 0. The maximum absolute atomic E-state index is 11.0. The predicted octanol–water partition coefficient (Wildman–Crippen LogP) is 3.84. The van der Waals surface area contributed by atoms with Gasteiger partial charge in [0, 0.05) is 13.3 Å². The molecule has 0 heterocycles. The Morgan fingerprint density at radius 1 is 0.938 bits per heavy atom. The molecule has 0 aromatic carbocycles. The van der Waals surface area contributed by atoms with Crippen LogP contribution < -0.4 is 0 Å². The van der Waals surface area contributed by atoms with Crippen LogP contribution in [0.5, 0.6) is 0 Å². The Balaban J connectivity index is 3.12.